The SMILES string of the molecule is CC(=O)C(N=Nc1ccc(-c2ccc(N/N=C3/C(=O)c4ccc(Nc5ccccc5)c(N/N=C5/C=C(S(N)(=O)=O)C=CC5=O)c4C=C3S(=O)(=O)O)c(C(=O)O)c2)cc1C(=O)O)C(=O)Nc1ccc(O)c(C(=O)O)c1. The van der Waals surface area contributed by atoms with Gasteiger partial charge in [-0.2, -0.15) is 28.8 Å². The molecule has 0 radical (unpaired) electrons. The van der Waals surface area contributed by atoms with Crippen LogP contribution in [0, 0.1) is 0 Å². The van der Waals surface area contributed by atoms with Gasteiger partial charge in [-0.25, -0.2) is 27.9 Å². The van der Waals surface area contributed by atoms with Gasteiger partial charge in [0.25, 0.3) is 16.0 Å². The number of rotatable bonds is 17. The Bertz CT molecular complexity index is 3720. The van der Waals surface area contributed by atoms with Crippen LogP contribution in [0.15, 0.2) is 146 Å². The molecule has 27 heteroatoms. The molecule has 0 aromatic heterocycles. The average Bonchev–Trinajstić information content (AvgIpc) is 3.33. The molecule has 1 amide bonds. The molecule has 2 aliphatic carbocycles. The number of Topliss-reactive ketones (excluding diaryl/α,β-unsaturated/α-hetero) is 2. The van der Waals surface area contributed by atoms with E-state index in [1.54, 1.807) is 30.3 Å². The van der Waals surface area contributed by atoms with Gasteiger partial charge in [-0.1, -0.05) is 30.3 Å². The number of carbonyl (C=O) groups is 7. The molecule has 11 N–H and O–H groups in total. The van der Waals surface area contributed by atoms with Crippen molar-refractivity contribution in [1.82, 2.24) is 0 Å². The van der Waals surface area contributed by atoms with Crippen molar-refractivity contribution in [3.05, 3.63) is 153 Å². The van der Waals surface area contributed by atoms with Crippen LogP contribution in [-0.4, -0.2) is 100 Å². The molecular formula is C47H35N9O16S2. The lowest BCUT2D eigenvalue weighted by atomic mass is 9.92. The number of nitrogens with zero attached hydrogens (tertiary/aromatic N) is 4. The molecule has 2 aliphatic rings. The fourth-order valence-corrected chi connectivity index (χ4v) is 8.19. The minimum Gasteiger partial charge on any atom is -0.507 e. The average molecular weight is 1050 g/mol. The first-order valence-electron chi connectivity index (χ1n) is 20.8. The van der Waals surface area contributed by atoms with E-state index in [4.69, 9.17) is 5.14 Å². The summed E-state index contributed by atoms with van der Waals surface area (Å²) in [5, 5.41) is 65.4. The van der Waals surface area contributed by atoms with Crippen LogP contribution in [-0.2, 0) is 34.5 Å². The molecule has 5 aromatic carbocycles. The maximum absolute atomic E-state index is 14.2. The molecule has 74 heavy (non-hydrogen) atoms. The molecule has 0 spiro atoms. The summed E-state index contributed by atoms with van der Waals surface area (Å²) in [5.74, 6) is -9.03. The molecule has 0 fully saturated rings. The number of nitrogens with two attached hydrogens (primary N) is 1. The van der Waals surface area contributed by atoms with Gasteiger partial charge in [0.15, 0.2) is 11.5 Å². The summed E-state index contributed by atoms with van der Waals surface area (Å²) in [6, 6.07) is 19.4. The van der Waals surface area contributed by atoms with Crippen molar-refractivity contribution in [2.45, 2.75) is 13.0 Å². The Kier molecular flexibility index (Phi) is 14.7. The fourth-order valence-electron chi connectivity index (χ4n) is 7.01. The predicted octanol–water partition coefficient (Wildman–Crippen LogP) is 5.55. The monoisotopic (exact) mass is 1050 g/mol. The zero-order chi connectivity index (χ0) is 53.8. The number of aromatic carboxylic acids is 3. The van der Waals surface area contributed by atoms with E-state index in [0.29, 0.717) is 5.69 Å². The molecule has 1 unspecified atom stereocenters. The van der Waals surface area contributed by atoms with Crippen LogP contribution in [0.1, 0.15) is 53.9 Å². The number of carboxylic acid groups (broad SMARTS) is 3. The number of nitrogens with one attached hydrogen (secondary N) is 4. The number of fused-ring (bicyclic) bond motifs is 1. The van der Waals surface area contributed by atoms with Crippen LogP contribution in [0.3, 0.4) is 0 Å². The maximum atomic E-state index is 14.2. The number of phenols is 1. The number of hydrazone groups is 2. The van der Waals surface area contributed by atoms with Gasteiger partial charge in [-0.15, -0.1) is 0 Å². The topological polar surface area (TPSA) is 412 Å². The van der Waals surface area contributed by atoms with E-state index in [9.17, 15) is 75.4 Å². The molecule has 376 valence electrons. The Morgan fingerprint density at radius 3 is 1.97 bits per heavy atom. The number of carboxylic acids is 3. The molecule has 0 saturated carbocycles. The van der Waals surface area contributed by atoms with Gasteiger partial charge >= 0.3 is 17.9 Å². The molecule has 25 nitrogen and oxygen atoms in total. The molecule has 1 atom stereocenters. The lowest BCUT2D eigenvalue weighted by molar-refractivity contribution is -0.126. The van der Waals surface area contributed by atoms with Gasteiger partial charge in [0.2, 0.25) is 27.6 Å². The van der Waals surface area contributed by atoms with Crippen LogP contribution in [0.4, 0.5) is 34.1 Å². The Balaban J connectivity index is 1.20. The number of anilines is 5. The van der Waals surface area contributed by atoms with Crippen LogP contribution >= 0.6 is 0 Å². The smallest absolute Gasteiger partial charge is 0.339 e. The number of sulfonamides is 1. The number of aromatic hydroxyl groups is 1. The maximum Gasteiger partial charge on any atom is 0.339 e. The van der Waals surface area contributed by atoms with Gasteiger partial charge in [0.1, 0.15) is 21.9 Å². The fraction of sp³-hybridized carbons (Fsp3) is 0.0426. The van der Waals surface area contributed by atoms with Crippen molar-refractivity contribution in [3.63, 3.8) is 0 Å². The summed E-state index contributed by atoms with van der Waals surface area (Å²) >= 11 is 0. The first-order chi connectivity index (χ1) is 34.9. The number of amides is 1. The van der Waals surface area contributed by atoms with Crippen molar-refractivity contribution in [1.29, 1.82) is 0 Å². The van der Waals surface area contributed by atoms with Crippen LogP contribution in [0.5, 0.6) is 5.75 Å². The predicted molar refractivity (Wildman–Crippen MR) is 266 cm³/mol. The largest absolute Gasteiger partial charge is 0.507 e. The highest BCUT2D eigenvalue weighted by Crippen LogP contribution is 2.38. The summed E-state index contributed by atoms with van der Waals surface area (Å²) < 4.78 is 60.5. The summed E-state index contributed by atoms with van der Waals surface area (Å²) in [6.45, 7) is 0.995. The zero-order valence-electron chi connectivity index (χ0n) is 37.5. The van der Waals surface area contributed by atoms with Crippen molar-refractivity contribution in [3.8, 4) is 16.9 Å². The Labute approximate surface area is 416 Å². The Morgan fingerprint density at radius 1 is 0.689 bits per heavy atom. The number of allylic oxidation sites excluding steroid dienone is 4. The Hall–Kier alpha value is -9.83. The highest BCUT2D eigenvalue weighted by molar-refractivity contribution is 7.93. The molecule has 7 rings (SSSR count). The summed E-state index contributed by atoms with van der Waals surface area (Å²) in [7, 11) is -9.63. The normalized spacial score (nSPS) is 15.0. The summed E-state index contributed by atoms with van der Waals surface area (Å²) in [6.07, 6.45) is 3.60. The second-order valence-corrected chi connectivity index (χ2v) is 18.5. The third kappa shape index (κ3) is 11.5. The summed E-state index contributed by atoms with van der Waals surface area (Å²) in [4.78, 5) is 87.2. The number of azo groups is 1. The lowest BCUT2D eigenvalue weighted by Crippen LogP contribution is -2.31. The lowest BCUT2D eigenvalue weighted by Gasteiger charge is -2.22. The quantitative estimate of drug-likeness (QED) is 0.0136. The molecule has 0 heterocycles. The van der Waals surface area contributed by atoms with Gasteiger partial charge < -0.3 is 31.1 Å². The van der Waals surface area contributed by atoms with Gasteiger partial charge in [-0.05, 0) is 109 Å². The molecule has 0 bridgehead atoms. The van der Waals surface area contributed by atoms with Crippen LogP contribution < -0.4 is 26.6 Å². The Morgan fingerprint density at radius 2 is 1.34 bits per heavy atom. The number of primary sulfonamides is 1. The highest BCUT2D eigenvalue weighted by Gasteiger charge is 2.35. The minimum atomic E-state index is -5.34. The van der Waals surface area contributed by atoms with Gasteiger partial charge in [-0.3, -0.25) is 34.6 Å². The zero-order valence-corrected chi connectivity index (χ0v) is 39.2. The van der Waals surface area contributed by atoms with E-state index >= 15 is 0 Å². The second-order valence-electron chi connectivity index (χ2n) is 15.6. The first kappa shape index (κ1) is 52.0. The van der Waals surface area contributed by atoms with Crippen molar-refractivity contribution in [2.24, 2.45) is 25.6 Å². The third-order valence-corrected chi connectivity index (χ3v) is 12.4. The van der Waals surface area contributed by atoms with E-state index in [0.717, 1.165) is 73.7 Å². The van der Waals surface area contributed by atoms with Crippen molar-refractivity contribution < 1.29 is 75.4 Å². The second kappa shape index (κ2) is 20.9. The van der Waals surface area contributed by atoms with E-state index in [2.05, 4.69) is 41.9 Å². The number of benzene rings is 5. The highest BCUT2D eigenvalue weighted by atomic mass is 32.2. The molecule has 5 aromatic rings. The van der Waals surface area contributed by atoms with Crippen LogP contribution in [0.25, 0.3) is 17.2 Å². The standard InChI is InChI=1S/C47H35N9O16S2/c1-22(57)40(44(61)50-26-9-15-37(58)32(19-26)47(66)67)54-51-33-12-7-23(17-30(33)45(62)63)24-8-13-34(31(18-24)46(64)65)52-56-42-39(74(70,71)72)21-29-28(43(42)60)11-14-35(49-25-5-3-2-4-6-25)41(29)55-53-36-20-27(73(48,68)69)10-16-38(36)59/h2-21,40,49,52,55,58H,1H3,(H,50,61)(H,62,63)(H,64,65)(H,66,67)(H2,48,68,69)(H,70,71,72)/b53-36-,54-51?,56-42+. The van der Waals surface area contributed by atoms with Crippen molar-refractivity contribution >= 4 is 113 Å². The van der Waals surface area contributed by atoms with Gasteiger partial charge in [0.05, 0.1) is 38.8 Å². The van der Waals surface area contributed by atoms with Crippen molar-refractivity contribution in [2.75, 3.05) is 21.5 Å². The minimum absolute atomic E-state index is 0.0919. The first-order valence-corrected chi connectivity index (χ1v) is 23.8. The van der Waals surface area contributed by atoms with E-state index in [1.165, 1.54) is 24.3 Å². The van der Waals surface area contributed by atoms with E-state index in [-0.39, 0.29) is 50.7 Å². The number of carbonyl (C=O) groups excluding carboxylic acids is 4. The third-order valence-electron chi connectivity index (χ3n) is 10.6. The van der Waals surface area contributed by atoms with Gasteiger partial charge in [0, 0.05) is 22.5 Å². The van der Waals surface area contributed by atoms with E-state index < -0.39 is 111 Å². The number of ketones is 3. The van der Waals surface area contributed by atoms with Crippen LogP contribution in [0.2, 0.25) is 0 Å². The number of hydrogen-bond donors (Lipinski definition) is 10. The van der Waals surface area contributed by atoms with E-state index in [1.807, 2.05) is 0 Å². The molecule has 0 aliphatic heterocycles. The summed E-state index contributed by atoms with van der Waals surface area (Å²) in [5.41, 5.74) is 1.39. The molecular weight excluding hydrogens is 1010 g/mol. The number of hydrogen-bond acceptors (Lipinski definition) is 19. The molecule has 0 saturated heterocycles. The number of para-hydroxylation sites is 1.